The van der Waals surface area contributed by atoms with Crippen molar-refractivity contribution in [1.82, 2.24) is 20.1 Å². The van der Waals surface area contributed by atoms with Gasteiger partial charge < -0.3 is 14.8 Å². The average Bonchev–Trinajstić information content (AvgIpc) is 3.03. The Kier molecular flexibility index (Phi) is 7.44. The van der Waals surface area contributed by atoms with Crippen LogP contribution in [-0.4, -0.2) is 35.0 Å². The lowest BCUT2D eigenvalue weighted by atomic mass is 10.1. The van der Waals surface area contributed by atoms with Gasteiger partial charge in [-0.25, -0.2) is 0 Å². The molecule has 0 saturated carbocycles. The van der Waals surface area contributed by atoms with Crippen molar-refractivity contribution in [2.24, 2.45) is 7.05 Å². The lowest BCUT2D eigenvalue weighted by Crippen LogP contribution is -2.20. The van der Waals surface area contributed by atoms with E-state index in [1.54, 1.807) is 13.3 Å². The molecule has 1 N–H and O–H groups in total. The van der Waals surface area contributed by atoms with Crippen LogP contribution in [0.4, 0.5) is 0 Å². The minimum Gasteiger partial charge on any atom is -0.493 e. The number of pyridine rings is 1. The summed E-state index contributed by atoms with van der Waals surface area (Å²) in [5.41, 5.74) is 3.10. The summed E-state index contributed by atoms with van der Waals surface area (Å²) in [4.78, 5) is 4.17. The predicted octanol–water partition coefficient (Wildman–Crippen LogP) is 3.08. The van der Waals surface area contributed by atoms with E-state index in [9.17, 15) is 0 Å². The summed E-state index contributed by atoms with van der Waals surface area (Å²) in [5, 5.41) is 7.93. The number of ether oxygens (including phenoxy) is 2. The summed E-state index contributed by atoms with van der Waals surface area (Å²) in [7, 11) is 3.57. The van der Waals surface area contributed by atoms with Crippen molar-refractivity contribution in [3.05, 3.63) is 60.6 Å². The Morgan fingerprint density at radius 2 is 1.92 bits per heavy atom. The van der Waals surface area contributed by atoms with E-state index in [2.05, 4.69) is 15.4 Å². The van der Waals surface area contributed by atoms with E-state index in [0.29, 0.717) is 13.2 Å². The molecule has 0 aliphatic carbocycles. The van der Waals surface area contributed by atoms with Gasteiger partial charge in [-0.2, -0.15) is 5.10 Å². The van der Waals surface area contributed by atoms with Gasteiger partial charge in [0, 0.05) is 49.9 Å². The second-order valence-electron chi connectivity index (χ2n) is 5.59. The van der Waals surface area contributed by atoms with E-state index in [-0.39, 0.29) is 12.4 Å². The highest BCUT2D eigenvalue weighted by Gasteiger charge is 2.10. The van der Waals surface area contributed by atoms with Gasteiger partial charge in [-0.1, -0.05) is 12.1 Å². The molecular formula is C19H23ClN4O2. The van der Waals surface area contributed by atoms with Crippen LogP contribution in [0.15, 0.2) is 55.0 Å². The predicted molar refractivity (Wildman–Crippen MR) is 104 cm³/mol. The SMILES string of the molecule is COc1ccccc1OCCNCc1cn(C)nc1-c1cccnc1.Cl. The Morgan fingerprint density at radius 1 is 1.12 bits per heavy atom. The lowest BCUT2D eigenvalue weighted by Gasteiger charge is -2.10. The first kappa shape index (κ1) is 19.8. The van der Waals surface area contributed by atoms with Gasteiger partial charge >= 0.3 is 0 Å². The molecule has 0 aliphatic heterocycles. The molecule has 2 heterocycles. The summed E-state index contributed by atoms with van der Waals surface area (Å²) >= 11 is 0. The molecule has 0 atom stereocenters. The number of aromatic nitrogens is 3. The van der Waals surface area contributed by atoms with Crippen molar-refractivity contribution < 1.29 is 9.47 Å². The van der Waals surface area contributed by atoms with Crippen LogP contribution < -0.4 is 14.8 Å². The van der Waals surface area contributed by atoms with E-state index in [1.165, 1.54) is 0 Å². The molecule has 0 aliphatic rings. The number of para-hydroxylation sites is 2. The van der Waals surface area contributed by atoms with Crippen LogP contribution in [0.5, 0.6) is 11.5 Å². The minimum absolute atomic E-state index is 0. The molecule has 0 spiro atoms. The molecule has 3 aromatic rings. The molecule has 0 amide bonds. The molecule has 0 unspecified atom stereocenters. The number of hydrogen-bond donors (Lipinski definition) is 1. The molecule has 26 heavy (non-hydrogen) atoms. The zero-order valence-electron chi connectivity index (χ0n) is 14.9. The fourth-order valence-corrected chi connectivity index (χ4v) is 2.61. The first-order valence-electron chi connectivity index (χ1n) is 8.17. The third-order valence-corrected chi connectivity index (χ3v) is 3.76. The van der Waals surface area contributed by atoms with E-state index < -0.39 is 0 Å². The number of rotatable bonds is 8. The van der Waals surface area contributed by atoms with Gasteiger partial charge in [0.05, 0.1) is 12.8 Å². The van der Waals surface area contributed by atoms with Gasteiger partial charge in [0.25, 0.3) is 0 Å². The normalized spacial score (nSPS) is 10.2. The molecule has 2 aromatic heterocycles. The van der Waals surface area contributed by atoms with Crippen molar-refractivity contribution in [1.29, 1.82) is 0 Å². The third-order valence-electron chi connectivity index (χ3n) is 3.76. The van der Waals surface area contributed by atoms with Crippen LogP contribution in [0.3, 0.4) is 0 Å². The van der Waals surface area contributed by atoms with Gasteiger partial charge in [-0.05, 0) is 24.3 Å². The summed E-state index contributed by atoms with van der Waals surface area (Å²) in [5.74, 6) is 1.50. The van der Waals surface area contributed by atoms with Gasteiger partial charge in [0.2, 0.25) is 0 Å². The number of nitrogens with zero attached hydrogens (tertiary/aromatic N) is 3. The van der Waals surface area contributed by atoms with Crippen molar-refractivity contribution in [2.45, 2.75) is 6.54 Å². The van der Waals surface area contributed by atoms with Crippen molar-refractivity contribution in [2.75, 3.05) is 20.3 Å². The number of aryl methyl sites for hydroxylation is 1. The van der Waals surface area contributed by atoms with Crippen LogP contribution in [0.25, 0.3) is 11.3 Å². The van der Waals surface area contributed by atoms with Gasteiger partial charge in [0.15, 0.2) is 11.5 Å². The third kappa shape index (κ3) is 4.97. The molecule has 6 nitrogen and oxygen atoms in total. The fraction of sp³-hybridized carbons (Fsp3) is 0.263. The molecule has 138 valence electrons. The Hall–Kier alpha value is -2.57. The summed E-state index contributed by atoms with van der Waals surface area (Å²) in [6.45, 7) is 2.00. The van der Waals surface area contributed by atoms with Crippen molar-refractivity contribution in [3.63, 3.8) is 0 Å². The van der Waals surface area contributed by atoms with E-state index in [1.807, 2.05) is 60.5 Å². The molecule has 0 saturated heterocycles. The average molecular weight is 375 g/mol. The first-order valence-corrected chi connectivity index (χ1v) is 8.17. The molecule has 0 radical (unpaired) electrons. The largest absolute Gasteiger partial charge is 0.493 e. The van der Waals surface area contributed by atoms with Crippen LogP contribution in [0.2, 0.25) is 0 Å². The second-order valence-corrected chi connectivity index (χ2v) is 5.59. The maximum absolute atomic E-state index is 5.77. The van der Waals surface area contributed by atoms with E-state index in [0.717, 1.165) is 34.9 Å². The standard InChI is InChI=1S/C19H22N4O2.ClH/c1-23-14-16(19(22-23)15-6-5-9-20-12-15)13-21-10-11-25-18-8-4-3-7-17(18)24-2;/h3-9,12,14,21H,10-11,13H2,1-2H3;1H. The van der Waals surface area contributed by atoms with Crippen LogP contribution in [0, 0.1) is 0 Å². The van der Waals surface area contributed by atoms with Crippen molar-refractivity contribution >= 4 is 12.4 Å². The van der Waals surface area contributed by atoms with Crippen LogP contribution in [0.1, 0.15) is 5.56 Å². The maximum Gasteiger partial charge on any atom is 0.161 e. The Labute approximate surface area is 159 Å². The summed E-state index contributed by atoms with van der Waals surface area (Å²) < 4.78 is 12.9. The number of halogens is 1. The van der Waals surface area contributed by atoms with Crippen molar-refractivity contribution in [3.8, 4) is 22.8 Å². The van der Waals surface area contributed by atoms with Crippen LogP contribution in [-0.2, 0) is 13.6 Å². The highest BCUT2D eigenvalue weighted by Crippen LogP contribution is 2.25. The van der Waals surface area contributed by atoms with Gasteiger partial charge in [-0.3, -0.25) is 9.67 Å². The van der Waals surface area contributed by atoms with Gasteiger partial charge in [0.1, 0.15) is 6.61 Å². The molecule has 0 bridgehead atoms. The Balaban J connectivity index is 0.00000243. The molecule has 0 fully saturated rings. The second kappa shape index (κ2) is 9.79. The lowest BCUT2D eigenvalue weighted by molar-refractivity contribution is 0.292. The zero-order chi connectivity index (χ0) is 17.5. The monoisotopic (exact) mass is 374 g/mol. The summed E-state index contributed by atoms with van der Waals surface area (Å²) in [6, 6.07) is 11.6. The highest BCUT2D eigenvalue weighted by atomic mass is 35.5. The van der Waals surface area contributed by atoms with Gasteiger partial charge in [-0.15, -0.1) is 12.4 Å². The Bertz CT molecular complexity index is 808. The quantitative estimate of drug-likeness (QED) is 0.614. The van der Waals surface area contributed by atoms with E-state index in [4.69, 9.17) is 9.47 Å². The number of methoxy groups -OCH3 is 1. The first-order chi connectivity index (χ1) is 12.3. The molecule has 1 aromatic carbocycles. The Morgan fingerprint density at radius 3 is 2.65 bits per heavy atom. The number of nitrogens with one attached hydrogen (secondary N) is 1. The molecular weight excluding hydrogens is 352 g/mol. The minimum atomic E-state index is 0. The molecule has 3 rings (SSSR count). The smallest absolute Gasteiger partial charge is 0.161 e. The van der Waals surface area contributed by atoms with Crippen LogP contribution >= 0.6 is 12.4 Å². The number of hydrogen-bond acceptors (Lipinski definition) is 5. The fourth-order valence-electron chi connectivity index (χ4n) is 2.61. The molecule has 7 heteroatoms. The van der Waals surface area contributed by atoms with E-state index >= 15 is 0 Å². The zero-order valence-corrected chi connectivity index (χ0v) is 15.7. The highest BCUT2D eigenvalue weighted by molar-refractivity contribution is 5.85. The topological polar surface area (TPSA) is 61.2 Å². The summed E-state index contributed by atoms with van der Waals surface area (Å²) in [6.07, 6.45) is 5.62. The number of benzene rings is 1. The maximum atomic E-state index is 5.77.